The molecule has 0 saturated heterocycles. The Morgan fingerprint density at radius 3 is 2.50 bits per heavy atom. The van der Waals surface area contributed by atoms with E-state index in [-0.39, 0.29) is 12.7 Å². The van der Waals surface area contributed by atoms with Gasteiger partial charge in [0.25, 0.3) is 5.91 Å². The molecule has 0 aromatic heterocycles. The molecule has 22 heavy (non-hydrogen) atoms. The van der Waals surface area contributed by atoms with Gasteiger partial charge in [0, 0.05) is 5.69 Å². The van der Waals surface area contributed by atoms with Crippen molar-refractivity contribution in [1.29, 1.82) is 0 Å². The zero-order valence-electron chi connectivity index (χ0n) is 12.2. The van der Waals surface area contributed by atoms with E-state index in [0.29, 0.717) is 28.5 Å². The number of anilines is 1. The average Bonchev–Trinajstić information content (AvgIpc) is 3.03. The van der Waals surface area contributed by atoms with E-state index in [9.17, 15) is 4.79 Å². The second kappa shape index (κ2) is 5.85. The molecule has 0 spiro atoms. The smallest absolute Gasteiger partial charge is 0.259 e. The number of hydrogen-bond donors (Lipinski definition) is 1. The minimum absolute atomic E-state index is 0.120. The van der Waals surface area contributed by atoms with Crippen LogP contribution in [-0.4, -0.2) is 26.9 Å². The zero-order valence-corrected chi connectivity index (χ0v) is 12.2. The maximum absolute atomic E-state index is 12.4. The van der Waals surface area contributed by atoms with Gasteiger partial charge < -0.3 is 24.3 Å². The lowest BCUT2D eigenvalue weighted by atomic mass is 10.1. The maximum atomic E-state index is 12.4. The molecular formula is C16H15NO5. The molecule has 6 nitrogen and oxygen atoms in total. The number of carbonyl (C=O) groups is 1. The minimum atomic E-state index is -0.291. The summed E-state index contributed by atoms with van der Waals surface area (Å²) < 4.78 is 21.0. The first-order valence-electron chi connectivity index (χ1n) is 6.65. The molecule has 1 N–H and O–H groups in total. The second-order valence-electron chi connectivity index (χ2n) is 4.56. The normalized spacial score (nSPS) is 11.9. The minimum Gasteiger partial charge on any atom is -0.497 e. The van der Waals surface area contributed by atoms with E-state index in [0.717, 1.165) is 5.75 Å². The van der Waals surface area contributed by atoms with Crippen LogP contribution in [0, 0.1) is 0 Å². The van der Waals surface area contributed by atoms with E-state index in [1.54, 1.807) is 43.5 Å². The summed E-state index contributed by atoms with van der Waals surface area (Å²) in [7, 11) is 3.08. The molecule has 0 aliphatic carbocycles. The van der Waals surface area contributed by atoms with Gasteiger partial charge >= 0.3 is 0 Å². The molecule has 0 bridgehead atoms. The summed E-state index contributed by atoms with van der Waals surface area (Å²) in [5, 5.41) is 2.80. The lowest BCUT2D eigenvalue weighted by molar-refractivity contribution is 0.102. The molecule has 1 aliphatic heterocycles. The lowest BCUT2D eigenvalue weighted by Gasteiger charge is -2.11. The summed E-state index contributed by atoms with van der Waals surface area (Å²) in [5.74, 6) is 1.81. The second-order valence-corrected chi connectivity index (χ2v) is 4.56. The van der Waals surface area contributed by atoms with Crippen molar-refractivity contribution in [2.45, 2.75) is 0 Å². The van der Waals surface area contributed by atoms with E-state index < -0.39 is 0 Å². The topological polar surface area (TPSA) is 66.0 Å². The van der Waals surface area contributed by atoms with Crippen molar-refractivity contribution in [3.8, 4) is 23.0 Å². The van der Waals surface area contributed by atoms with Gasteiger partial charge in [-0.05, 0) is 36.4 Å². The maximum Gasteiger partial charge on any atom is 0.259 e. The highest BCUT2D eigenvalue weighted by Crippen LogP contribution is 2.43. The van der Waals surface area contributed by atoms with Crippen LogP contribution >= 0.6 is 0 Å². The van der Waals surface area contributed by atoms with Crippen LogP contribution in [0.1, 0.15) is 10.4 Å². The van der Waals surface area contributed by atoms with Gasteiger partial charge in [0.15, 0.2) is 11.5 Å². The van der Waals surface area contributed by atoms with E-state index >= 15 is 0 Å². The lowest BCUT2D eigenvalue weighted by Crippen LogP contribution is -2.13. The van der Waals surface area contributed by atoms with E-state index in [2.05, 4.69) is 5.32 Å². The fraction of sp³-hybridized carbons (Fsp3) is 0.188. The predicted octanol–water partition coefficient (Wildman–Crippen LogP) is 2.68. The molecule has 2 aromatic carbocycles. The Balaban J connectivity index is 1.85. The molecule has 0 saturated carbocycles. The van der Waals surface area contributed by atoms with Crippen molar-refractivity contribution < 1.29 is 23.7 Å². The van der Waals surface area contributed by atoms with Crippen LogP contribution in [-0.2, 0) is 0 Å². The fourth-order valence-corrected chi connectivity index (χ4v) is 2.20. The van der Waals surface area contributed by atoms with Crippen LogP contribution in [0.2, 0.25) is 0 Å². The number of ether oxygens (including phenoxy) is 4. The summed E-state index contributed by atoms with van der Waals surface area (Å²) >= 11 is 0. The van der Waals surface area contributed by atoms with Crippen LogP contribution < -0.4 is 24.3 Å². The highest BCUT2D eigenvalue weighted by Gasteiger charge is 2.24. The Kier molecular flexibility index (Phi) is 3.74. The van der Waals surface area contributed by atoms with Crippen LogP contribution in [0.4, 0.5) is 5.69 Å². The first-order valence-corrected chi connectivity index (χ1v) is 6.65. The highest BCUT2D eigenvalue weighted by atomic mass is 16.7. The third kappa shape index (κ3) is 2.50. The Labute approximate surface area is 127 Å². The first kappa shape index (κ1) is 14.1. The summed E-state index contributed by atoms with van der Waals surface area (Å²) in [6.45, 7) is 0.120. The number of amides is 1. The zero-order chi connectivity index (χ0) is 15.5. The number of fused-ring (bicyclic) bond motifs is 1. The summed E-state index contributed by atoms with van der Waals surface area (Å²) in [5.41, 5.74) is 1.04. The summed E-state index contributed by atoms with van der Waals surface area (Å²) in [4.78, 5) is 12.4. The fourth-order valence-electron chi connectivity index (χ4n) is 2.20. The molecular weight excluding hydrogens is 286 g/mol. The predicted molar refractivity (Wildman–Crippen MR) is 80.1 cm³/mol. The van der Waals surface area contributed by atoms with Crippen molar-refractivity contribution in [1.82, 2.24) is 0 Å². The Morgan fingerprint density at radius 1 is 1.05 bits per heavy atom. The van der Waals surface area contributed by atoms with Crippen LogP contribution in [0.5, 0.6) is 23.0 Å². The Morgan fingerprint density at radius 2 is 1.82 bits per heavy atom. The van der Waals surface area contributed by atoms with Crippen molar-refractivity contribution >= 4 is 11.6 Å². The molecule has 1 aliphatic rings. The van der Waals surface area contributed by atoms with Crippen LogP contribution in [0.25, 0.3) is 0 Å². The Bertz CT molecular complexity index is 696. The number of nitrogens with one attached hydrogen (secondary N) is 1. The number of methoxy groups -OCH3 is 2. The van der Waals surface area contributed by atoms with Crippen LogP contribution in [0.3, 0.4) is 0 Å². The number of rotatable bonds is 4. The van der Waals surface area contributed by atoms with Gasteiger partial charge in [0.1, 0.15) is 5.75 Å². The van der Waals surface area contributed by atoms with Gasteiger partial charge in [-0.15, -0.1) is 0 Å². The molecule has 6 heteroatoms. The third-order valence-electron chi connectivity index (χ3n) is 3.29. The van der Waals surface area contributed by atoms with Crippen molar-refractivity contribution in [3.63, 3.8) is 0 Å². The molecule has 0 atom stereocenters. The average molecular weight is 301 g/mol. The molecule has 0 radical (unpaired) electrons. The van der Waals surface area contributed by atoms with E-state index in [1.807, 2.05) is 0 Å². The highest BCUT2D eigenvalue weighted by molar-refractivity contribution is 6.07. The SMILES string of the molecule is COc1ccc(NC(=O)c2ccc3c(c2OC)OCO3)cc1. The summed E-state index contributed by atoms with van der Waals surface area (Å²) in [6.07, 6.45) is 0. The monoisotopic (exact) mass is 301 g/mol. The van der Waals surface area contributed by atoms with Gasteiger partial charge in [-0.2, -0.15) is 0 Å². The quantitative estimate of drug-likeness (QED) is 0.940. The molecule has 1 heterocycles. The van der Waals surface area contributed by atoms with Crippen molar-refractivity contribution in [3.05, 3.63) is 42.0 Å². The number of carbonyl (C=O) groups excluding carboxylic acids is 1. The van der Waals surface area contributed by atoms with Crippen LogP contribution in [0.15, 0.2) is 36.4 Å². The molecule has 1 amide bonds. The van der Waals surface area contributed by atoms with Gasteiger partial charge in [-0.25, -0.2) is 0 Å². The first-order chi connectivity index (χ1) is 10.7. The van der Waals surface area contributed by atoms with Gasteiger partial charge in [0.05, 0.1) is 19.8 Å². The largest absolute Gasteiger partial charge is 0.497 e. The number of hydrogen-bond acceptors (Lipinski definition) is 5. The van der Waals surface area contributed by atoms with Gasteiger partial charge in [-0.3, -0.25) is 4.79 Å². The molecule has 2 aromatic rings. The molecule has 114 valence electrons. The molecule has 0 unspecified atom stereocenters. The molecule has 0 fully saturated rings. The van der Waals surface area contributed by atoms with E-state index in [1.165, 1.54) is 7.11 Å². The van der Waals surface area contributed by atoms with Crippen molar-refractivity contribution in [2.24, 2.45) is 0 Å². The Hall–Kier alpha value is -2.89. The van der Waals surface area contributed by atoms with E-state index in [4.69, 9.17) is 18.9 Å². The summed E-state index contributed by atoms with van der Waals surface area (Å²) in [6, 6.07) is 10.4. The third-order valence-corrected chi connectivity index (χ3v) is 3.29. The molecule has 3 rings (SSSR count). The standard InChI is InChI=1S/C16H15NO5/c1-19-11-5-3-10(4-6-11)17-16(18)12-7-8-13-15(14(12)20-2)22-9-21-13/h3-8H,9H2,1-2H3,(H,17,18). The van der Waals surface area contributed by atoms with Crippen molar-refractivity contribution in [2.75, 3.05) is 26.3 Å². The number of benzene rings is 2. The van der Waals surface area contributed by atoms with Gasteiger partial charge in [0.2, 0.25) is 12.5 Å². The van der Waals surface area contributed by atoms with Gasteiger partial charge in [-0.1, -0.05) is 0 Å².